The van der Waals surface area contributed by atoms with Gasteiger partial charge in [-0.1, -0.05) is 176 Å². The second kappa shape index (κ2) is 14.3. The summed E-state index contributed by atoms with van der Waals surface area (Å²) in [6.45, 7) is 0. The largest absolute Gasteiger partial charge is 0.309 e. The number of benzene rings is 11. The minimum atomic E-state index is 0.855. The van der Waals surface area contributed by atoms with Crippen LogP contribution in [0.2, 0.25) is 0 Å². The number of nitrogens with zero attached hydrogens (tertiary/aromatic N) is 4. The fourth-order valence-corrected chi connectivity index (χ4v) is 10.7. The van der Waals surface area contributed by atoms with E-state index in [1.54, 1.807) is 0 Å². The molecule has 0 amide bonds. The zero-order valence-corrected chi connectivity index (χ0v) is 35.7. The Kier molecular flexibility index (Phi) is 7.95. The lowest BCUT2D eigenvalue weighted by atomic mass is 9.96. The van der Waals surface area contributed by atoms with Crippen LogP contribution >= 0.6 is 0 Å². The van der Waals surface area contributed by atoms with Crippen molar-refractivity contribution in [3.63, 3.8) is 0 Å². The van der Waals surface area contributed by atoms with Gasteiger partial charge >= 0.3 is 0 Å². The number of para-hydroxylation sites is 2. The zero-order chi connectivity index (χ0) is 43.3. The Labute approximate surface area is 379 Å². The summed E-state index contributed by atoms with van der Waals surface area (Å²) in [5.74, 6) is 0. The Morgan fingerprint density at radius 2 is 0.848 bits per heavy atom. The molecule has 66 heavy (non-hydrogen) atoms. The van der Waals surface area contributed by atoms with E-state index in [-0.39, 0.29) is 0 Å². The predicted molar refractivity (Wildman–Crippen MR) is 277 cm³/mol. The number of hydrogen-bond donors (Lipinski definition) is 0. The SMILES string of the molecule is c1ccc(-c2nc3ccc(-c4cc(-n5c6ccccc6c6cc7c8c9ccccc9c9ccccc9c8n(-c8ccccc8)c7cc65)c5ccccc5c4)cc3nc2-c2ccccc2)cc1. The van der Waals surface area contributed by atoms with Crippen molar-refractivity contribution in [3.8, 4) is 45.0 Å². The van der Waals surface area contributed by atoms with Gasteiger partial charge < -0.3 is 9.13 Å². The molecule has 0 saturated carbocycles. The molecule has 3 aromatic heterocycles. The van der Waals surface area contributed by atoms with Crippen molar-refractivity contribution in [1.82, 2.24) is 19.1 Å². The molecule has 0 atom stereocenters. The summed E-state index contributed by atoms with van der Waals surface area (Å²) in [5, 5.41) is 12.4. The lowest BCUT2D eigenvalue weighted by molar-refractivity contribution is 1.18. The molecule has 3 heterocycles. The van der Waals surface area contributed by atoms with Gasteiger partial charge in [0.2, 0.25) is 0 Å². The first-order valence-electron chi connectivity index (χ1n) is 22.6. The van der Waals surface area contributed by atoms with Crippen molar-refractivity contribution < 1.29 is 0 Å². The maximum Gasteiger partial charge on any atom is 0.0973 e. The molecule has 11 aromatic carbocycles. The lowest BCUT2D eigenvalue weighted by Crippen LogP contribution is -1.98. The highest BCUT2D eigenvalue weighted by Crippen LogP contribution is 2.46. The van der Waals surface area contributed by atoms with Crippen molar-refractivity contribution in [1.29, 1.82) is 0 Å². The molecule has 306 valence electrons. The van der Waals surface area contributed by atoms with Gasteiger partial charge in [-0.15, -0.1) is 0 Å². The van der Waals surface area contributed by atoms with Crippen LogP contribution in [0.15, 0.2) is 231 Å². The number of hydrogen-bond acceptors (Lipinski definition) is 2. The first-order valence-corrected chi connectivity index (χ1v) is 22.6. The number of fused-ring (bicyclic) bond motifs is 13. The molecule has 0 fully saturated rings. The van der Waals surface area contributed by atoms with E-state index in [4.69, 9.17) is 9.97 Å². The lowest BCUT2D eigenvalue weighted by Gasteiger charge is -2.16. The van der Waals surface area contributed by atoms with Crippen molar-refractivity contribution >= 4 is 87.0 Å². The third-order valence-electron chi connectivity index (χ3n) is 13.6. The number of aromatic nitrogens is 4. The van der Waals surface area contributed by atoms with Crippen LogP contribution in [-0.2, 0) is 0 Å². The molecule has 4 heteroatoms. The summed E-state index contributed by atoms with van der Waals surface area (Å²) in [7, 11) is 0. The summed E-state index contributed by atoms with van der Waals surface area (Å²) in [4.78, 5) is 10.6. The topological polar surface area (TPSA) is 35.6 Å². The molecule has 4 nitrogen and oxygen atoms in total. The van der Waals surface area contributed by atoms with Crippen LogP contribution in [-0.4, -0.2) is 19.1 Å². The van der Waals surface area contributed by atoms with Crippen molar-refractivity contribution in [2.75, 3.05) is 0 Å². The highest BCUT2D eigenvalue weighted by molar-refractivity contribution is 6.33. The molecule has 0 unspecified atom stereocenters. The van der Waals surface area contributed by atoms with Crippen LogP contribution in [0.3, 0.4) is 0 Å². The molecule has 0 saturated heterocycles. The Bertz CT molecular complexity index is 4260. The van der Waals surface area contributed by atoms with Gasteiger partial charge in [0.15, 0.2) is 0 Å². The molecular weight excluding hydrogens is 801 g/mol. The average molecular weight is 839 g/mol. The van der Waals surface area contributed by atoms with E-state index in [0.29, 0.717) is 0 Å². The second-order valence-electron chi connectivity index (χ2n) is 17.3. The van der Waals surface area contributed by atoms with E-state index >= 15 is 0 Å². The maximum atomic E-state index is 5.37. The van der Waals surface area contributed by atoms with E-state index in [1.807, 2.05) is 12.1 Å². The molecule has 14 rings (SSSR count). The van der Waals surface area contributed by atoms with Crippen LogP contribution in [0.5, 0.6) is 0 Å². The van der Waals surface area contributed by atoms with Gasteiger partial charge in [-0.25, -0.2) is 9.97 Å². The Hall–Kier alpha value is -8.86. The first kappa shape index (κ1) is 36.6. The highest BCUT2D eigenvalue weighted by atomic mass is 15.0. The van der Waals surface area contributed by atoms with Crippen molar-refractivity contribution in [3.05, 3.63) is 231 Å². The summed E-state index contributed by atoms with van der Waals surface area (Å²) in [5.41, 5.74) is 14.7. The van der Waals surface area contributed by atoms with Crippen molar-refractivity contribution in [2.45, 2.75) is 0 Å². The minimum absolute atomic E-state index is 0.855. The smallest absolute Gasteiger partial charge is 0.0973 e. The van der Waals surface area contributed by atoms with Crippen LogP contribution in [0, 0.1) is 0 Å². The molecule has 0 aliphatic carbocycles. The summed E-state index contributed by atoms with van der Waals surface area (Å²) in [6.07, 6.45) is 0. The quantitative estimate of drug-likeness (QED) is 0.162. The molecule has 14 aromatic rings. The van der Waals surface area contributed by atoms with Gasteiger partial charge in [-0.3, -0.25) is 0 Å². The molecule has 0 N–H and O–H groups in total. The van der Waals surface area contributed by atoms with Crippen LogP contribution in [0.4, 0.5) is 0 Å². The minimum Gasteiger partial charge on any atom is -0.309 e. The Morgan fingerprint density at radius 1 is 0.288 bits per heavy atom. The standard InChI is InChI=1S/C62H38N4/c1-4-18-39(19-5-1)60-61(40-20-6-2-7-21-40)64-54-35-41(32-33-53(54)63-60)43-34-42-22-10-11-25-45(42)56(36-43)66-55-31-17-16-28-48(55)51-37-52-58(38-57(51)66)65(44-23-8-3-9-24-44)62-50-30-15-13-27-47(50)46-26-12-14-29-49(46)59(52)62/h1-38H. The number of rotatable bonds is 5. The maximum absolute atomic E-state index is 5.37. The summed E-state index contributed by atoms with van der Waals surface area (Å²) in [6, 6.07) is 83.3. The highest BCUT2D eigenvalue weighted by Gasteiger charge is 2.23. The third-order valence-corrected chi connectivity index (χ3v) is 13.6. The molecule has 0 spiro atoms. The fourth-order valence-electron chi connectivity index (χ4n) is 10.7. The van der Waals surface area contributed by atoms with E-state index in [9.17, 15) is 0 Å². The predicted octanol–water partition coefficient (Wildman–Crippen LogP) is 16.3. The van der Waals surface area contributed by atoms with E-state index in [2.05, 4.69) is 228 Å². The van der Waals surface area contributed by atoms with Gasteiger partial charge in [0.25, 0.3) is 0 Å². The Morgan fingerprint density at radius 3 is 1.58 bits per heavy atom. The summed E-state index contributed by atoms with van der Waals surface area (Å²) < 4.78 is 5.00. The van der Waals surface area contributed by atoms with Gasteiger partial charge in [0.05, 0.1) is 50.2 Å². The van der Waals surface area contributed by atoms with Crippen LogP contribution in [0.25, 0.3) is 132 Å². The van der Waals surface area contributed by atoms with Crippen LogP contribution in [0.1, 0.15) is 0 Å². The fraction of sp³-hybridized carbons (Fsp3) is 0. The molecule has 0 radical (unpaired) electrons. The van der Waals surface area contributed by atoms with Gasteiger partial charge in [0.1, 0.15) is 0 Å². The van der Waals surface area contributed by atoms with Gasteiger partial charge in [-0.2, -0.15) is 0 Å². The van der Waals surface area contributed by atoms with E-state index in [1.165, 1.54) is 70.4 Å². The monoisotopic (exact) mass is 838 g/mol. The Balaban J connectivity index is 1.05. The second-order valence-corrected chi connectivity index (χ2v) is 17.3. The van der Waals surface area contributed by atoms with Gasteiger partial charge in [-0.05, 0) is 87.3 Å². The molecule has 0 aliphatic heterocycles. The van der Waals surface area contributed by atoms with Crippen LogP contribution < -0.4 is 0 Å². The first-order chi connectivity index (χ1) is 32.7. The van der Waals surface area contributed by atoms with E-state index < -0.39 is 0 Å². The third kappa shape index (κ3) is 5.45. The zero-order valence-electron chi connectivity index (χ0n) is 35.7. The molecule has 0 bridgehead atoms. The normalized spacial score (nSPS) is 11.9. The van der Waals surface area contributed by atoms with Gasteiger partial charge in [0, 0.05) is 49.1 Å². The molecule has 0 aliphatic rings. The average Bonchev–Trinajstić information content (AvgIpc) is 3.90. The van der Waals surface area contributed by atoms with Crippen molar-refractivity contribution in [2.24, 2.45) is 0 Å². The van der Waals surface area contributed by atoms with E-state index in [0.717, 1.165) is 61.6 Å². The molecular formula is C62H38N4. The summed E-state index contributed by atoms with van der Waals surface area (Å²) >= 11 is 0.